The van der Waals surface area contributed by atoms with Crippen molar-refractivity contribution in [3.63, 3.8) is 0 Å². The molecule has 110 valence electrons. The molecule has 1 fully saturated rings. The van der Waals surface area contributed by atoms with Crippen molar-refractivity contribution in [3.8, 4) is 5.69 Å². The molecule has 0 aliphatic carbocycles. The molecule has 1 atom stereocenters. The third kappa shape index (κ3) is 3.18. The summed E-state index contributed by atoms with van der Waals surface area (Å²) in [5, 5.41) is 14.5. The summed E-state index contributed by atoms with van der Waals surface area (Å²) in [6.45, 7) is 0.859. The van der Waals surface area contributed by atoms with E-state index >= 15 is 0 Å². The number of hydrogen-bond acceptors (Lipinski definition) is 6. The molecule has 9 heteroatoms. The van der Waals surface area contributed by atoms with Crippen LogP contribution in [-0.2, 0) is 16.2 Å². The first-order valence-electron chi connectivity index (χ1n) is 6.41. The molecule has 1 amide bonds. The average molecular weight is 309 g/mol. The minimum Gasteiger partial charge on any atom is -0.351 e. The molecule has 0 radical (unpaired) electrons. The zero-order valence-electron chi connectivity index (χ0n) is 11.0. The van der Waals surface area contributed by atoms with E-state index in [-0.39, 0.29) is 11.9 Å². The van der Waals surface area contributed by atoms with Gasteiger partial charge in [-0.3, -0.25) is 4.79 Å². The van der Waals surface area contributed by atoms with Gasteiger partial charge in [-0.1, -0.05) is 11.6 Å². The van der Waals surface area contributed by atoms with Gasteiger partial charge in [0.2, 0.25) is 5.91 Å². The van der Waals surface area contributed by atoms with Gasteiger partial charge in [0, 0.05) is 11.6 Å². The summed E-state index contributed by atoms with van der Waals surface area (Å²) < 4.78 is 1.52. The van der Waals surface area contributed by atoms with E-state index in [1.807, 2.05) is 0 Å². The van der Waals surface area contributed by atoms with Crippen LogP contribution in [-0.4, -0.2) is 38.8 Å². The highest BCUT2D eigenvalue weighted by atomic mass is 35.5. The normalized spacial score (nSPS) is 17.9. The van der Waals surface area contributed by atoms with Crippen LogP contribution in [0.2, 0.25) is 5.02 Å². The van der Waals surface area contributed by atoms with Crippen LogP contribution in [0, 0.1) is 0 Å². The standard InChI is InChI=1S/C12H13ClN6O2/c13-9-1-2-11(19-7-15-17-18-19)8(5-9)6-14-12(20)10-3-4-21-16-10/h1-2,5,7,10,16H,3-4,6H2,(H,14,20)/t10-/m0/s1. The van der Waals surface area contributed by atoms with Gasteiger partial charge in [0.1, 0.15) is 12.4 Å². The van der Waals surface area contributed by atoms with Crippen molar-refractivity contribution in [2.75, 3.05) is 6.61 Å². The van der Waals surface area contributed by atoms with E-state index in [4.69, 9.17) is 16.4 Å². The minimum atomic E-state index is -0.319. The Hall–Kier alpha value is -2.03. The Morgan fingerprint density at radius 3 is 3.19 bits per heavy atom. The number of nitrogens with one attached hydrogen (secondary N) is 2. The predicted molar refractivity (Wildman–Crippen MR) is 73.5 cm³/mol. The lowest BCUT2D eigenvalue weighted by Gasteiger charge is -2.12. The fourth-order valence-corrected chi connectivity index (χ4v) is 2.27. The monoisotopic (exact) mass is 308 g/mol. The van der Waals surface area contributed by atoms with E-state index in [0.717, 1.165) is 11.3 Å². The number of hydrogen-bond donors (Lipinski definition) is 2. The van der Waals surface area contributed by atoms with E-state index in [1.165, 1.54) is 11.0 Å². The van der Waals surface area contributed by atoms with Gasteiger partial charge in [0.05, 0.1) is 12.3 Å². The number of amides is 1. The third-order valence-corrected chi connectivity index (χ3v) is 3.38. The Morgan fingerprint density at radius 1 is 1.57 bits per heavy atom. The number of carbonyl (C=O) groups excluding carboxylic acids is 1. The second-order valence-corrected chi connectivity index (χ2v) is 4.99. The molecule has 2 heterocycles. The van der Waals surface area contributed by atoms with E-state index in [2.05, 4.69) is 26.3 Å². The molecule has 0 unspecified atom stereocenters. The van der Waals surface area contributed by atoms with Gasteiger partial charge in [0.15, 0.2) is 0 Å². The number of halogens is 1. The fraction of sp³-hybridized carbons (Fsp3) is 0.333. The van der Waals surface area contributed by atoms with Crippen LogP contribution >= 0.6 is 11.6 Å². The smallest absolute Gasteiger partial charge is 0.239 e. The number of nitrogens with zero attached hydrogens (tertiary/aromatic N) is 4. The topological polar surface area (TPSA) is 94.0 Å². The number of carbonyl (C=O) groups is 1. The molecule has 0 spiro atoms. The second-order valence-electron chi connectivity index (χ2n) is 4.55. The Bertz CT molecular complexity index is 627. The molecule has 0 saturated carbocycles. The highest BCUT2D eigenvalue weighted by molar-refractivity contribution is 6.30. The Morgan fingerprint density at radius 2 is 2.48 bits per heavy atom. The van der Waals surface area contributed by atoms with Crippen LogP contribution in [0.25, 0.3) is 5.69 Å². The van der Waals surface area contributed by atoms with Gasteiger partial charge >= 0.3 is 0 Å². The zero-order chi connectivity index (χ0) is 14.7. The summed E-state index contributed by atoms with van der Waals surface area (Å²) in [5.41, 5.74) is 4.26. The first kappa shape index (κ1) is 13.9. The lowest BCUT2D eigenvalue weighted by molar-refractivity contribution is -0.124. The Kier molecular flexibility index (Phi) is 4.09. The lowest BCUT2D eigenvalue weighted by Crippen LogP contribution is -2.39. The van der Waals surface area contributed by atoms with Crippen molar-refractivity contribution >= 4 is 17.5 Å². The van der Waals surface area contributed by atoms with Crippen molar-refractivity contribution in [1.82, 2.24) is 31.0 Å². The summed E-state index contributed by atoms with van der Waals surface area (Å²) in [6.07, 6.45) is 2.14. The van der Waals surface area contributed by atoms with Crippen LogP contribution in [0.1, 0.15) is 12.0 Å². The molecule has 1 aliphatic rings. The molecule has 3 rings (SSSR count). The Balaban J connectivity index is 1.75. The first-order valence-corrected chi connectivity index (χ1v) is 6.78. The molecule has 1 aliphatic heterocycles. The number of benzene rings is 1. The van der Waals surface area contributed by atoms with Crippen molar-refractivity contribution in [1.29, 1.82) is 0 Å². The van der Waals surface area contributed by atoms with Crippen molar-refractivity contribution in [2.24, 2.45) is 0 Å². The maximum atomic E-state index is 12.0. The quantitative estimate of drug-likeness (QED) is 0.839. The third-order valence-electron chi connectivity index (χ3n) is 3.14. The molecular weight excluding hydrogens is 296 g/mol. The van der Waals surface area contributed by atoms with Crippen molar-refractivity contribution in [3.05, 3.63) is 35.1 Å². The highest BCUT2D eigenvalue weighted by Crippen LogP contribution is 2.19. The first-order chi connectivity index (χ1) is 10.2. The van der Waals surface area contributed by atoms with Crippen LogP contribution in [0.5, 0.6) is 0 Å². The maximum absolute atomic E-state index is 12.0. The molecule has 21 heavy (non-hydrogen) atoms. The summed E-state index contributed by atoms with van der Waals surface area (Å²) >= 11 is 6.01. The van der Waals surface area contributed by atoms with E-state index in [0.29, 0.717) is 24.6 Å². The van der Waals surface area contributed by atoms with Gasteiger partial charge < -0.3 is 10.2 Å². The average Bonchev–Trinajstić information content (AvgIpc) is 3.17. The number of tetrazole rings is 1. The van der Waals surface area contributed by atoms with Crippen LogP contribution in [0.3, 0.4) is 0 Å². The molecule has 1 aromatic carbocycles. The van der Waals surface area contributed by atoms with Gasteiger partial charge in [-0.15, -0.1) is 5.10 Å². The number of aromatic nitrogens is 4. The highest BCUT2D eigenvalue weighted by Gasteiger charge is 2.23. The van der Waals surface area contributed by atoms with Crippen LogP contribution < -0.4 is 10.8 Å². The zero-order valence-corrected chi connectivity index (χ0v) is 11.7. The maximum Gasteiger partial charge on any atom is 0.239 e. The molecular formula is C12H13ClN6O2. The van der Waals surface area contributed by atoms with E-state index in [1.54, 1.807) is 18.2 Å². The summed E-state index contributed by atoms with van der Waals surface area (Å²) in [6, 6.07) is 5.01. The van der Waals surface area contributed by atoms with Gasteiger partial charge in [-0.25, -0.2) is 4.68 Å². The molecule has 8 nitrogen and oxygen atoms in total. The fourth-order valence-electron chi connectivity index (χ4n) is 2.08. The van der Waals surface area contributed by atoms with Crippen LogP contribution in [0.4, 0.5) is 0 Å². The minimum absolute atomic E-state index is 0.116. The SMILES string of the molecule is O=C(NCc1cc(Cl)ccc1-n1cnnn1)[C@@H]1CCON1. The van der Waals surface area contributed by atoms with Gasteiger partial charge in [-0.05, 0) is 40.6 Å². The van der Waals surface area contributed by atoms with Crippen molar-refractivity contribution in [2.45, 2.75) is 19.0 Å². The number of rotatable bonds is 4. The van der Waals surface area contributed by atoms with Gasteiger partial charge in [-0.2, -0.15) is 5.48 Å². The van der Waals surface area contributed by atoms with E-state index in [9.17, 15) is 4.79 Å². The summed E-state index contributed by atoms with van der Waals surface area (Å²) in [4.78, 5) is 16.9. The predicted octanol–water partition coefficient (Wildman–Crippen LogP) is 0.225. The van der Waals surface area contributed by atoms with Crippen LogP contribution in [0.15, 0.2) is 24.5 Å². The lowest BCUT2D eigenvalue weighted by atomic mass is 10.1. The summed E-state index contributed by atoms with van der Waals surface area (Å²) in [5.74, 6) is -0.116. The summed E-state index contributed by atoms with van der Waals surface area (Å²) in [7, 11) is 0. The molecule has 1 saturated heterocycles. The molecule has 0 bridgehead atoms. The van der Waals surface area contributed by atoms with Gasteiger partial charge in [0.25, 0.3) is 0 Å². The molecule has 1 aromatic heterocycles. The van der Waals surface area contributed by atoms with Crippen molar-refractivity contribution < 1.29 is 9.63 Å². The molecule has 2 N–H and O–H groups in total. The largest absolute Gasteiger partial charge is 0.351 e. The number of hydroxylamine groups is 1. The van der Waals surface area contributed by atoms with E-state index < -0.39 is 0 Å². The second kappa shape index (κ2) is 6.17. The molecule has 2 aromatic rings. The Labute approximate surface area is 125 Å².